The van der Waals surface area contributed by atoms with Crippen molar-refractivity contribution >= 4 is 16.9 Å². The molecule has 0 atom stereocenters. The van der Waals surface area contributed by atoms with Crippen LogP contribution >= 0.6 is 0 Å². The van der Waals surface area contributed by atoms with E-state index in [2.05, 4.69) is 20.1 Å². The Kier molecular flexibility index (Phi) is 3.03. The number of benzene rings is 1. The van der Waals surface area contributed by atoms with E-state index in [4.69, 9.17) is 4.98 Å². The minimum absolute atomic E-state index is 0.605. The fourth-order valence-electron chi connectivity index (χ4n) is 3.03. The topological polar surface area (TPSA) is 57.7 Å². The smallest absolute Gasteiger partial charge is 0.147 e. The molecule has 1 aliphatic heterocycles. The molecular formula is C16H17N5. The zero-order chi connectivity index (χ0) is 14.1. The van der Waals surface area contributed by atoms with Crippen LogP contribution in [-0.2, 0) is 0 Å². The molecule has 1 aliphatic rings. The Hall–Kier alpha value is -2.43. The Morgan fingerprint density at radius 3 is 2.62 bits per heavy atom. The van der Waals surface area contributed by atoms with Gasteiger partial charge in [-0.05, 0) is 36.5 Å². The molecule has 2 aromatic heterocycles. The van der Waals surface area contributed by atoms with Crippen molar-refractivity contribution in [2.24, 2.45) is 0 Å². The summed E-state index contributed by atoms with van der Waals surface area (Å²) < 4.78 is 0. The van der Waals surface area contributed by atoms with Gasteiger partial charge in [-0.15, -0.1) is 0 Å². The van der Waals surface area contributed by atoms with Crippen LogP contribution in [-0.4, -0.2) is 33.3 Å². The van der Waals surface area contributed by atoms with E-state index >= 15 is 0 Å². The Morgan fingerprint density at radius 1 is 1.05 bits per heavy atom. The minimum Gasteiger partial charge on any atom is -0.355 e. The summed E-state index contributed by atoms with van der Waals surface area (Å²) in [6.45, 7) is 2.03. The molecule has 3 heterocycles. The largest absolute Gasteiger partial charge is 0.355 e. The number of aromatic nitrogens is 4. The Labute approximate surface area is 123 Å². The highest BCUT2D eigenvalue weighted by atomic mass is 15.2. The fourth-order valence-corrected chi connectivity index (χ4v) is 3.03. The van der Waals surface area contributed by atoms with E-state index in [-0.39, 0.29) is 0 Å². The van der Waals surface area contributed by atoms with Gasteiger partial charge in [-0.25, -0.2) is 4.98 Å². The highest BCUT2D eigenvalue weighted by Crippen LogP contribution is 2.29. The number of hydrogen-bond donors (Lipinski definition) is 1. The molecule has 0 spiro atoms. The molecule has 0 aliphatic carbocycles. The molecule has 0 unspecified atom stereocenters. The van der Waals surface area contributed by atoms with Gasteiger partial charge in [-0.1, -0.05) is 12.1 Å². The lowest BCUT2D eigenvalue weighted by atomic mass is 9.92. The zero-order valence-electron chi connectivity index (χ0n) is 11.7. The van der Waals surface area contributed by atoms with Crippen LogP contribution in [0, 0.1) is 0 Å². The lowest BCUT2D eigenvalue weighted by Gasteiger charge is -2.32. The van der Waals surface area contributed by atoms with E-state index in [1.165, 1.54) is 5.56 Å². The highest BCUT2D eigenvalue weighted by molar-refractivity contribution is 5.75. The molecule has 1 N–H and O–H groups in total. The molecule has 4 rings (SSSR count). The van der Waals surface area contributed by atoms with Crippen LogP contribution < -0.4 is 4.90 Å². The second-order valence-electron chi connectivity index (χ2n) is 5.51. The number of aromatic amines is 1. The Balaban J connectivity index is 1.52. The van der Waals surface area contributed by atoms with Crippen LogP contribution in [0.5, 0.6) is 0 Å². The molecular weight excluding hydrogens is 262 g/mol. The predicted molar refractivity (Wildman–Crippen MR) is 82.3 cm³/mol. The number of hydrogen-bond acceptors (Lipinski definition) is 4. The van der Waals surface area contributed by atoms with Gasteiger partial charge in [0.1, 0.15) is 5.82 Å². The summed E-state index contributed by atoms with van der Waals surface area (Å²) in [6, 6.07) is 8.01. The molecule has 1 aromatic carbocycles. The zero-order valence-corrected chi connectivity index (χ0v) is 11.7. The van der Waals surface area contributed by atoms with Gasteiger partial charge in [0.05, 0.1) is 23.4 Å². The summed E-state index contributed by atoms with van der Waals surface area (Å²) >= 11 is 0. The average Bonchev–Trinajstić information content (AvgIpc) is 3.09. The summed E-state index contributed by atoms with van der Waals surface area (Å²) in [5.41, 5.74) is 3.24. The van der Waals surface area contributed by atoms with E-state index in [0.29, 0.717) is 5.92 Å². The maximum absolute atomic E-state index is 4.73. The first-order valence-electron chi connectivity index (χ1n) is 7.35. The number of nitrogens with one attached hydrogen (secondary N) is 1. The Morgan fingerprint density at radius 2 is 1.86 bits per heavy atom. The van der Waals surface area contributed by atoms with Gasteiger partial charge in [0.25, 0.3) is 0 Å². The molecule has 0 radical (unpaired) electrons. The van der Waals surface area contributed by atoms with Crippen LogP contribution in [0.4, 0.5) is 5.82 Å². The molecule has 0 amide bonds. The predicted octanol–water partition coefficient (Wildman–Crippen LogP) is 2.74. The molecule has 0 bridgehead atoms. The minimum atomic E-state index is 0.605. The van der Waals surface area contributed by atoms with Gasteiger partial charge in [0.15, 0.2) is 0 Å². The molecule has 1 saturated heterocycles. The van der Waals surface area contributed by atoms with Gasteiger partial charge in [-0.2, -0.15) is 5.10 Å². The summed E-state index contributed by atoms with van der Waals surface area (Å²) in [4.78, 5) is 11.6. The molecule has 106 valence electrons. The molecule has 3 aromatic rings. The van der Waals surface area contributed by atoms with E-state index in [1.807, 2.05) is 42.9 Å². The van der Waals surface area contributed by atoms with Crippen molar-refractivity contribution in [2.45, 2.75) is 18.8 Å². The van der Waals surface area contributed by atoms with Gasteiger partial charge in [0, 0.05) is 19.3 Å². The fraction of sp³-hybridized carbons (Fsp3) is 0.312. The molecule has 0 saturated carbocycles. The van der Waals surface area contributed by atoms with Crippen molar-refractivity contribution in [3.8, 4) is 0 Å². The second-order valence-corrected chi connectivity index (χ2v) is 5.51. The van der Waals surface area contributed by atoms with Crippen molar-refractivity contribution in [2.75, 3.05) is 18.0 Å². The summed E-state index contributed by atoms with van der Waals surface area (Å²) in [5.74, 6) is 1.59. The summed E-state index contributed by atoms with van der Waals surface area (Å²) in [5, 5.41) is 6.95. The van der Waals surface area contributed by atoms with Gasteiger partial charge < -0.3 is 4.90 Å². The number of H-pyrrole nitrogens is 1. The second kappa shape index (κ2) is 5.16. The van der Waals surface area contributed by atoms with Crippen LogP contribution in [0.2, 0.25) is 0 Å². The summed E-state index contributed by atoms with van der Waals surface area (Å²) in [7, 11) is 0. The summed E-state index contributed by atoms with van der Waals surface area (Å²) in [6.07, 6.45) is 8.11. The quantitative estimate of drug-likeness (QED) is 0.783. The van der Waals surface area contributed by atoms with E-state index in [0.717, 1.165) is 42.8 Å². The number of anilines is 1. The standard InChI is InChI=1S/C16H17N5/c1-2-4-15-14(3-1)17-11-16(20-15)21-7-5-12(6-8-21)13-9-18-19-10-13/h1-4,9-12H,5-8H2,(H,18,19). The van der Waals surface area contributed by atoms with E-state index in [9.17, 15) is 0 Å². The normalized spacial score (nSPS) is 16.5. The van der Waals surface area contributed by atoms with E-state index < -0.39 is 0 Å². The number of fused-ring (bicyclic) bond motifs is 1. The lowest BCUT2D eigenvalue weighted by Crippen LogP contribution is -2.33. The van der Waals surface area contributed by atoms with Crippen molar-refractivity contribution in [3.05, 3.63) is 48.4 Å². The number of para-hydroxylation sites is 2. The van der Waals surface area contributed by atoms with Crippen molar-refractivity contribution in [1.29, 1.82) is 0 Å². The van der Waals surface area contributed by atoms with Crippen molar-refractivity contribution in [3.63, 3.8) is 0 Å². The van der Waals surface area contributed by atoms with Gasteiger partial charge in [-0.3, -0.25) is 10.1 Å². The van der Waals surface area contributed by atoms with Crippen molar-refractivity contribution < 1.29 is 0 Å². The maximum atomic E-state index is 4.73. The number of nitrogens with zero attached hydrogens (tertiary/aromatic N) is 4. The van der Waals surface area contributed by atoms with Crippen LogP contribution in [0.1, 0.15) is 24.3 Å². The number of piperidine rings is 1. The van der Waals surface area contributed by atoms with Gasteiger partial charge in [0.2, 0.25) is 0 Å². The van der Waals surface area contributed by atoms with Crippen LogP contribution in [0.25, 0.3) is 11.0 Å². The first-order valence-corrected chi connectivity index (χ1v) is 7.35. The third-order valence-corrected chi connectivity index (χ3v) is 4.25. The molecule has 1 fully saturated rings. The monoisotopic (exact) mass is 279 g/mol. The van der Waals surface area contributed by atoms with Gasteiger partial charge >= 0.3 is 0 Å². The third-order valence-electron chi connectivity index (χ3n) is 4.25. The van der Waals surface area contributed by atoms with Crippen molar-refractivity contribution in [1.82, 2.24) is 20.2 Å². The SMILES string of the molecule is c1ccc2nc(N3CCC(c4cn[nH]c4)CC3)cnc2c1. The highest BCUT2D eigenvalue weighted by Gasteiger charge is 2.22. The Bertz CT molecular complexity index is 729. The maximum Gasteiger partial charge on any atom is 0.147 e. The molecule has 5 nitrogen and oxygen atoms in total. The first kappa shape index (κ1) is 12.3. The van der Waals surface area contributed by atoms with Crippen LogP contribution in [0.15, 0.2) is 42.9 Å². The first-order chi connectivity index (χ1) is 10.4. The molecule has 21 heavy (non-hydrogen) atoms. The molecule has 5 heteroatoms. The van der Waals surface area contributed by atoms with Crippen LogP contribution in [0.3, 0.4) is 0 Å². The van der Waals surface area contributed by atoms with E-state index in [1.54, 1.807) is 0 Å². The average molecular weight is 279 g/mol. The lowest BCUT2D eigenvalue weighted by molar-refractivity contribution is 0.503. The number of rotatable bonds is 2. The third kappa shape index (κ3) is 2.35.